The predicted octanol–water partition coefficient (Wildman–Crippen LogP) is 12.6. The molecule has 0 aliphatic carbocycles. The first-order valence-corrected chi connectivity index (χ1v) is 23.8. The van der Waals surface area contributed by atoms with E-state index in [1.807, 2.05) is 0 Å². The Balaban J connectivity index is 1.11. The lowest BCUT2D eigenvalue weighted by Gasteiger charge is -2.34. The number of nitrogens with zero attached hydrogens (tertiary/aromatic N) is 2. The molecule has 2 nitrogen and oxygen atoms in total. The maximum Gasteiger partial charge on any atom is 0.179 e. The summed E-state index contributed by atoms with van der Waals surface area (Å²) in [5.41, 5.74) is 11.9. The van der Waals surface area contributed by atoms with Crippen molar-refractivity contribution in [1.82, 2.24) is 9.13 Å². The molecule has 0 aliphatic heterocycles. The summed E-state index contributed by atoms with van der Waals surface area (Å²) in [6, 6.07) is 94.2. The second-order valence-electron chi connectivity index (χ2n) is 16.4. The summed E-state index contributed by atoms with van der Waals surface area (Å²) < 4.78 is 4.96. The molecule has 0 N–H and O–H groups in total. The minimum absolute atomic E-state index is 1.13. The van der Waals surface area contributed by atoms with Gasteiger partial charge >= 0.3 is 0 Å². The van der Waals surface area contributed by atoms with Crippen molar-refractivity contribution >= 4 is 72.4 Å². The van der Waals surface area contributed by atoms with Crippen molar-refractivity contribution in [3.8, 4) is 33.6 Å². The standard InChI is InChI=1S/C60H42N2Si/c1-5-20-43(21-6-1)51-30-13-14-31-52(51)44-22-19-23-45(40-44)61-57-34-17-15-32-53(57)55-38-36-46(41-59(55)61)62-58-35-18-16-33-54(58)56-39-37-50(42-60(56)62)63(47-24-7-2-8-25-47,48-26-9-3-10-27-48)49-28-11-4-12-29-49/h1-42H. The Hall–Kier alpha value is -7.98. The quantitative estimate of drug-likeness (QED) is 0.107. The number of fused-ring (bicyclic) bond motifs is 6. The summed E-state index contributed by atoms with van der Waals surface area (Å²) >= 11 is 0. The molecule has 12 aromatic rings. The molecule has 10 aromatic carbocycles. The molecular weight excluding hydrogens is 777 g/mol. The van der Waals surface area contributed by atoms with Gasteiger partial charge in [-0.3, -0.25) is 0 Å². The first kappa shape index (κ1) is 36.8. The summed E-state index contributed by atoms with van der Waals surface area (Å²) in [7, 11) is -2.79. The first-order chi connectivity index (χ1) is 31.3. The van der Waals surface area contributed by atoms with E-state index in [0.29, 0.717) is 0 Å². The number of para-hydroxylation sites is 2. The van der Waals surface area contributed by atoms with Gasteiger partial charge in [0, 0.05) is 32.9 Å². The monoisotopic (exact) mass is 818 g/mol. The van der Waals surface area contributed by atoms with E-state index in [-0.39, 0.29) is 0 Å². The van der Waals surface area contributed by atoms with Gasteiger partial charge in [0.05, 0.1) is 22.1 Å². The number of hydrogen-bond acceptors (Lipinski definition) is 0. The van der Waals surface area contributed by atoms with E-state index in [1.165, 1.54) is 86.6 Å². The zero-order valence-corrected chi connectivity index (χ0v) is 35.6. The fraction of sp³-hybridized carbons (Fsp3) is 0. The molecule has 0 amide bonds. The van der Waals surface area contributed by atoms with Crippen LogP contribution in [0.4, 0.5) is 0 Å². The zero-order valence-electron chi connectivity index (χ0n) is 34.6. The summed E-state index contributed by atoms with van der Waals surface area (Å²) in [6.45, 7) is 0. The van der Waals surface area contributed by atoms with E-state index < -0.39 is 8.07 Å². The summed E-state index contributed by atoms with van der Waals surface area (Å²) in [5, 5.41) is 10.4. The normalized spacial score (nSPS) is 11.8. The van der Waals surface area contributed by atoms with E-state index in [0.717, 1.165) is 11.4 Å². The van der Waals surface area contributed by atoms with Crippen molar-refractivity contribution in [2.24, 2.45) is 0 Å². The smallest absolute Gasteiger partial charge is 0.179 e. The molecular formula is C60H42N2Si. The fourth-order valence-corrected chi connectivity index (χ4v) is 15.1. The van der Waals surface area contributed by atoms with Crippen molar-refractivity contribution in [1.29, 1.82) is 0 Å². The van der Waals surface area contributed by atoms with Crippen LogP contribution in [-0.4, -0.2) is 17.2 Å². The predicted molar refractivity (Wildman–Crippen MR) is 270 cm³/mol. The molecule has 3 heteroatoms. The summed E-state index contributed by atoms with van der Waals surface area (Å²) in [4.78, 5) is 0. The maximum atomic E-state index is 2.52. The Bertz CT molecular complexity index is 3510. The van der Waals surface area contributed by atoms with Crippen LogP contribution in [0, 0.1) is 0 Å². The van der Waals surface area contributed by atoms with Crippen LogP contribution in [0.3, 0.4) is 0 Å². The molecule has 2 heterocycles. The van der Waals surface area contributed by atoms with E-state index in [4.69, 9.17) is 0 Å². The zero-order chi connectivity index (χ0) is 41.7. The molecule has 0 radical (unpaired) electrons. The van der Waals surface area contributed by atoms with Crippen molar-refractivity contribution in [2.45, 2.75) is 0 Å². The van der Waals surface area contributed by atoms with Crippen molar-refractivity contribution in [3.63, 3.8) is 0 Å². The first-order valence-electron chi connectivity index (χ1n) is 21.8. The van der Waals surface area contributed by atoms with Crippen LogP contribution in [0.15, 0.2) is 255 Å². The van der Waals surface area contributed by atoms with Gasteiger partial charge in [0.2, 0.25) is 0 Å². The lowest BCUT2D eigenvalue weighted by atomic mass is 9.94. The molecule has 0 atom stereocenters. The highest BCUT2D eigenvalue weighted by atomic mass is 28.3. The maximum absolute atomic E-state index is 2.79. The number of aromatic nitrogens is 2. The van der Waals surface area contributed by atoms with Crippen molar-refractivity contribution in [2.75, 3.05) is 0 Å². The molecule has 0 fully saturated rings. The third-order valence-electron chi connectivity index (χ3n) is 13.1. The van der Waals surface area contributed by atoms with Crippen LogP contribution in [0.5, 0.6) is 0 Å². The second-order valence-corrected chi connectivity index (χ2v) is 20.3. The highest BCUT2D eigenvalue weighted by molar-refractivity contribution is 7.20. The van der Waals surface area contributed by atoms with Crippen LogP contribution >= 0.6 is 0 Å². The van der Waals surface area contributed by atoms with Crippen LogP contribution in [0.1, 0.15) is 0 Å². The Labute approximate surface area is 368 Å². The third-order valence-corrected chi connectivity index (χ3v) is 17.8. The minimum Gasteiger partial charge on any atom is -0.309 e. The topological polar surface area (TPSA) is 9.86 Å². The molecule has 12 rings (SSSR count). The lowest BCUT2D eigenvalue weighted by Crippen LogP contribution is -2.74. The Morgan fingerprint density at radius 1 is 0.238 bits per heavy atom. The Morgan fingerprint density at radius 2 is 0.651 bits per heavy atom. The van der Waals surface area contributed by atoms with Crippen LogP contribution in [0.2, 0.25) is 0 Å². The summed E-state index contributed by atoms with van der Waals surface area (Å²) in [5.74, 6) is 0. The second kappa shape index (κ2) is 15.2. The number of rotatable bonds is 8. The van der Waals surface area contributed by atoms with Gasteiger partial charge in [-0.2, -0.15) is 0 Å². The average molecular weight is 819 g/mol. The van der Waals surface area contributed by atoms with Crippen LogP contribution in [0.25, 0.3) is 77.2 Å². The van der Waals surface area contributed by atoms with E-state index in [9.17, 15) is 0 Å². The van der Waals surface area contributed by atoms with Gasteiger partial charge in [-0.05, 0) is 85.5 Å². The van der Waals surface area contributed by atoms with Crippen molar-refractivity contribution < 1.29 is 0 Å². The fourth-order valence-electron chi connectivity index (χ4n) is 10.3. The molecule has 0 spiro atoms. The third kappa shape index (κ3) is 5.93. The van der Waals surface area contributed by atoms with Gasteiger partial charge in [-0.25, -0.2) is 0 Å². The Kier molecular flexibility index (Phi) is 8.87. The highest BCUT2D eigenvalue weighted by Gasteiger charge is 2.41. The molecule has 2 aromatic heterocycles. The van der Waals surface area contributed by atoms with Gasteiger partial charge in [0.15, 0.2) is 8.07 Å². The number of hydrogen-bond donors (Lipinski definition) is 0. The molecule has 63 heavy (non-hydrogen) atoms. The Morgan fingerprint density at radius 3 is 1.22 bits per heavy atom. The number of benzene rings is 10. The van der Waals surface area contributed by atoms with E-state index >= 15 is 0 Å². The molecule has 0 saturated carbocycles. The van der Waals surface area contributed by atoms with E-state index in [2.05, 4.69) is 264 Å². The van der Waals surface area contributed by atoms with Gasteiger partial charge in [0.25, 0.3) is 0 Å². The van der Waals surface area contributed by atoms with Crippen LogP contribution in [-0.2, 0) is 0 Å². The molecule has 0 unspecified atom stereocenters. The molecule has 296 valence electrons. The largest absolute Gasteiger partial charge is 0.309 e. The van der Waals surface area contributed by atoms with Crippen LogP contribution < -0.4 is 20.7 Å². The summed E-state index contributed by atoms with van der Waals surface area (Å²) in [6.07, 6.45) is 0. The molecule has 0 saturated heterocycles. The van der Waals surface area contributed by atoms with Gasteiger partial charge in [-0.1, -0.05) is 212 Å². The van der Waals surface area contributed by atoms with Gasteiger partial charge in [0.1, 0.15) is 0 Å². The highest BCUT2D eigenvalue weighted by Crippen LogP contribution is 2.39. The van der Waals surface area contributed by atoms with Gasteiger partial charge < -0.3 is 9.13 Å². The minimum atomic E-state index is -2.79. The van der Waals surface area contributed by atoms with E-state index in [1.54, 1.807) is 0 Å². The van der Waals surface area contributed by atoms with Crippen molar-refractivity contribution in [3.05, 3.63) is 255 Å². The SMILES string of the molecule is c1ccc(-c2ccccc2-c2cccc(-n3c4ccccc4c4ccc(-n5c6ccccc6c6ccc([Si](c7ccccc7)(c7ccccc7)c7ccccc7)cc65)cc43)c2)cc1. The average Bonchev–Trinajstić information content (AvgIpc) is 3.88. The molecule has 0 bridgehead atoms. The lowest BCUT2D eigenvalue weighted by molar-refractivity contribution is 1.16. The van der Waals surface area contributed by atoms with Gasteiger partial charge in [-0.15, -0.1) is 0 Å². The molecule has 0 aliphatic rings.